The van der Waals surface area contributed by atoms with Gasteiger partial charge in [-0.1, -0.05) is 62.4 Å². The van der Waals surface area contributed by atoms with E-state index in [9.17, 15) is 15.3 Å². The van der Waals surface area contributed by atoms with E-state index in [2.05, 4.69) is 22.5 Å². The van der Waals surface area contributed by atoms with Crippen molar-refractivity contribution in [2.45, 2.75) is 62.9 Å². The van der Waals surface area contributed by atoms with E-state index in [1.54, 1.807) is 12.1 Å². The van der Waals surface area contributed by atoms with Crippen molar-refractivity contribution in [3.63, 3.8) is 0 Å². The van der Waals surface area contributed by atoms with Gasteiger partial charge in [-0.25, -0.2) is 0 Å². The lowest BCUT2D eigenvalue weighted by Crippen LogP contribution is -2.58. The normalized spacial score (nSPS) is 20.1. The first-order valence-corrected chi connectivity index (χ1v) is 11.2. The zero-order chi connectivity index (χ0) is 22.3. The topological polar surface area (TPSA) is 107 Å². The molecule has 31 heavy (non-hydrogen) atoms. The van der Waals surface area contributed by atoms with E-state index in [4.69, 9.17) is 5.41 Å². The average molecular weight is 421 g/mol. The summed E-state index contributed by atoms with van der Waals surface area (Å²) >= 11 is 0. The lowest BCUT2D eigenvalue weighted by Gasteiger charge is -2.38. The summed E-state index contributed by atoms with van der Waals surface area (Å²) < 4.78 is 0. The largest absolute Gasteiger partial charge is 0.336 e. The highest BCUT2D eigenvalue weighted by Gasteiger charge is 2.40. The summed E-state index contributed by atoms with van der Waals surface area (Å²) in [6.07, 6.45) is 9.30. The van der Waals surface area contributed by atoms with E-state index < -0.39 is 11.6 Å². The first-order chi connectivity index (χ1) is 15.0. The van der Waals surface area contributed by atoms with Gasteiger partial charge < -0.3 is 10.2 Å². The predicted octanol–water partition coefficient (Wildman–Crippen LogP) is 3.24. The zero-order valence-corrected chi connectivity index (χ0v) is 18.3. The number of rotatable bonds is 6. The second-order valence-electron chi connectivity index (χ2n) is 8.93. The van der Waals surface area contributed by atoms with Crippen molar-refractivity contribution in [1.82, 2.24) is 15.1 Å². The maximum absolute atomic E-state index is 13.5. The molecule has 3 rings (SSSR count). The van der Waals surface area contributed by atoms with Crippen molar-refractivity contribution < 1.29 is 4.79 Å². The van der Waals surface area contributed by atoms with Crippen LogP contribution in [0.25, 0.3) is 0 Å². The predicted molar refractivity (Wildman–Crippen MR) is 119 cm³/mol. The summed E-state index contributed by atoms with van der Waals surface area (Å²) in [5, 5.41) is 31.4. The Balaban J connectivity index is 1.84. The Morgan fingerprint density at radius 2 is 1.87 bits per heavy atom. The van der Waals surface area contributed by atoms with E-state index in [-0.39, 0.29) is 11.7 Å². The van der Waals surface area contributed by atoms with Crippen molar-refractivity contribution in [3.8, 4) is 12.3 Å². The number of carbonyl (C=O) groups is 1. The summed E-state index contributed by atoms with van der Waals surface area (Å²) in [7, 11) is 2.01. The quantitative estimate of drug-likeness (QED) is 0.318. The summed E-state index contributed by atoms with van der Waals surface area (Å²) in [6, 6.07) is 10.6. The molecule has 7 heteroatoms. The Morgan fingerprint density at radius 1 is 1.23 bits per heavy atom. The Hall–Kier alpha value is -2.90. The summed E-state index contributed by atoms with van der Waals surface area (Å²) in [6.45, 7) is 1.48. The number of piperidine rings is 1. The van der Waals surface area contributed by atoms with Gasteiger partial charge >= 0.3 is 0 Å². The Morgan fingerprint density at radius 3 is 2.45 bits per heavy atom. The van der Waals surface area contributed by atoms with Crippen LogP contribution in [0.1, 0.15) is 56.9 Å². The van der Waals surface area contributed by atoms with Gasteiger partial charge in [-0.15, -0.1) is 0 Å². The number of likely N-dealkylation sites (tertiary alicyclic amines) is 1. The first kappa shape index (κ1) is 22.8. The van der Waals surface area contributed by atoms with Crippen LogP contribution in [0.15, 0.2) is 30.3 Å². The molecule has 1 saturated carbocycles. The lowest BCUT2D eigenvalue weighted by atomic mass is 9.83. The van der Waals surface area contributed by atoms with Crippen LogP contribution in [0.5, 0.6) is 0 Å². The molecule has 0 radical (unpaired) electrons. The van der Waals surface area contributed by atoms with Crippen LogP contribution in [0, 0.1) is 34.1 Å². The molecule has 2 fully saturated rings. The van der Waals surface area contributed by atoms with Crippen molar-refractivity contribution in [3.05, 3.63) is 35.9 Å². The lowest BCUT2D eigenvalue weighted by molar-refractivity contribution is -0.126. The van der Waals surface area contributed by atoms with Gasteiger partial charge in [0.15, 0.2) is 6.19 Å². The molecule has 1 unspecified atom stereocenters. The Kier molecular flexibility index (Phi) is 7.65. The smallest absolute Gasteiger partial charge is 0.245 e. The Bertz CT molecular complexity index is 841. The van der Waals surface area contributed by atoms with Gasteiger partial charge in [0.25, 0.3) is 0 Å². The number of hydrogen-bond acceptors (Lipinski definition) is 5. The van der Waals surface area contributed by atoms with Gasteiger partial charge in [-0.2, -0.15) is 10.5 Å². The number of nitriles is 2. The third-order valence-corrected chi connectivity index (χ3v) is 6.71. The van der Waals surface area contributed by atoms with Crippen molar-refractivity contribution in [2.75, 3.05) is 20.1 Å². The molecule has 1 aliphatic heterocycles. The van der Waals surface area contributed by atoms with E-state index in [0.29, 0.717) is 30.7 Å². The van der Waals surface area contributed by atoms with Gasteiger partial charge in [0.05, 0.1) is 6.07 Å². The molecule has 0 spiro atoms. The molecule has 2 aliphatic rings. The molecule has 1 aliphatic carbocycles. The number of hydrogen-bond donors (Lipinski definition) is 2. The van der Waals surface area contributed by atoms with Gasteiger partial charge in [-0.05, 0) is 32.2 Å². The fraction of sp³-hybridized carbons (Fsp3) is 0.583. The fourth-order valence-electron chi connectivity index (χ4n) is 4.66. The number of benzene rings is 1. The van der Waals surface area contributed by atoms with E-state index in [1.165, 1.54) is 11.3 Å². The number of amides is 1. The third-order valence-electron chi connectivity index (χ3n) is 6.71. The molecule has 0 aromatic heterocycles. The highest BCUT2D eigenvalue weighted by Crippen LogP contribution is 2.30. The molecule has 2 N–H and O–H groups in total. The highest BCUT2D eigenvalue weighted by molar-refractivity contribution is 6.00. The van der Waals surface area contributed by atoms with Crippen LogP contribution in [0.4, 0.5) is 0 Å². The number of amidine groups is 1. The SMILES string of the molecule is CN1CCC(C#N)(NC(=O)C(CC2CCCCC2)N(C#N)C(=N)c2ccccc2)CC1. The molecule has 0 bridgehead atoms. The van der Waals surface area contributed by atoms with Gasteiger partial charge in [0.2, 0.25) is 5.91 Å². The molecule has 164 valence electrons. The standard InChI is InChI=1S/C24H32N6O/c1-29-14-12-24(17-25,13-15-29)28-23(31)21(16-19-8-4-2-5-9-19)30(18-26)22(27)20-10-6-3-7-11-20/h3,6-7,10-11,19,21,27H,2,4-5,8-9,12-16H2,1H3,(H,28,31). The van der Waals surface area contributed by atoms with Crippen molar-refractivity contribution in [2.24, 2.45) is 5.92 Å². The second kappa shape index (κ2) is 10.4. The van der Waals surface area contributed by atoms with Crippen molar-refractivity contribution in [1.29, 1.82) is 15.9 Å². The minimum atomic E-state index is -0.912. The van der Waals surface area contributed by atoms with Crippen LogP contribution in [-0.2, 0) is 4.79 Å². The van der Waals surface area contributed by atoms with Gasteiger partial charge in [-0.3, -0.25) is 15.1 Å². The van der Waals surface area contributed by atoms with E-state index in [1.807, 2.05) is 25.2 Å². The Labute approximate surface area is 185 Å². The molecular formula is C24H32N6O. The van der Waals surface area contributed by atoms with Crippen LogP contribution in [0.3, 0.4) is 0 Å². The number of nitrogens with one attached hydrogen (secondary N) is 2. The van der Waals surface area contributed by atoms with Gasteiger partial charge in [0, 0.05) is 18.7 Å². The van der Waals surface area contributed by atoms with Crippen LogP contribution >= 0.6 is 0 Å². The molecule has 1 amide bonds. The molecule has 1 saturated heterocycles. The van der Waals surface area contributed by atoms with E-state index in [0.717, 1.165) is 38.8 Å². The third kappa shape index (κ3) is 5.62. The summed E-state index contributed by atoms with van der Waals surface area (Å²) in [5.74, 6) is 0.0480. The number of nitrogens with zero attached hydrogens (tertiary/aromatic N) is 4. The molecule has 1 heterocycles. The first-order valence-electron chi connectivity index (χ1n) is 11.2. The average Bonchev–Trinajstić information content (AvgIpc) is 2.81. The van der Waals surface area contributed by atoms with Crippen LogP contribution in [-0.4, -0.2) is 53.3 Å². The second-order valence-corrected chi connectivity index (χ2v) is 8.93. The zero-order valence-electron chi connectivity index (χ0n) is 18.3. The monoisotopic (exact) mass is 420 g/mol. The van der Waals surface area contributed by atoms with E-state index >= 15 is 0 Å². The van der Waals surface area contributed by atoms with Crippen LogP contribution in [0.2, 0.25) is 0 Å². The molecule has 1 aromatic rings. The maximum atomic E-state index is 13.5. The minimum absolute atomic E-state index is 0.0217. The van der Waals surface area contributed by atoms with Gasteiger partial charge in [0.1, 0.15) is 17.4 Å². The molecule has 7 nitrogen and oxygen atoms in total. The molecular weight excluding hydrogens is 388 g/mol. The van der Waals surface area contributed by atoms with Crippen molar-refractivity contribution >= 4 is 11.7 Å². The fourth-order valence-corrected chi connectivity index (χ4v) is 4.66. The summed E-state index contributed by atoms with van der Waals surface area (Å²) in [4.78, 5) is 16.9. The minimum Gasteiger partial charge on any atom is -0.336 e. The molecule has 1 atom stereocenters. The summed E-state index contributed by atoms with van der Waals surface area (Å²) in [5.41, 5.74) is -0.315. The van der Waals surface area contributed by atoms with Crippen LogP contribution < -0.4 is 5.32 Å². The molecule has 1 aromatic carbocycles. The highest BCUT2D eigenvalue weighted by atomic mass is 16.2. The maximum Gasteiger partial charge on any atom is 0.245 e. The number of carbonyl (C=O) groups excluding carboxylic acids is 1.